The molecule has 3 aromatic carbocycles. The summed E-state index contributed by atoms with van der Waals surface area (Å²) in [5.41, 5.74) is 8.07. The topological polar surface area (TPSA) is 65.5 Å². The molecule has 0 aliphatic heterocycles. The van der Waals surface area contributed by atoms with Gasteiger partial charge in [-0.3, -0.25) is 14.4 Å². The van der Waals surface area contributed by atoms with Gasteiger partial charge in [0.2, 0.25) is 0 Å². The molecule has 0 N–H and O–H groups in total. The van der Waals surface area contributed by atoms with Gasteiger partial charge in [0.25, 0.3) is 0 Å². The Morgan fingerprint density at radius 3 is 2.32 bits per heavy atom. The van der Waals surface area contributed by atoms with Gasteiger partial charge in [0.1, 0.15) is 28.3 Å². The molecule has 0 bridgehead atoms. The van der Waals surface area contributed by atoms with Gasteiger partial charge in [-0.15, -0.1) is 0 Å². The molecule has 0 unspecified atom stereocenters. The molecule has 0 fully saturated rings. The van der Waals surface area contributed by atoms with Crippen LogP contribution in [0.25, 0.3) is 61.1 Å². The minimum absolute atomic E-state index is 0.724. The number of ether oxygens (including phenoxy) is 1. The summed E-state index contributed by atoms with van der Waals surface area (Å²) in [5, 5.41) is 4.46. The van der Waals surface area contributed by atoms with E-state index in [1.165, 1.54) is 10.4 Å². The second-order valence-corrected chi connectivity index (χ2v) is 24.4. The van der Waals surface area contributed by atoms with Crippen LogP contribution in [0, 0.1) is 0 Å². The molecule has 0 spiro atoms. The highest BCUT2D eigenvalue weighted by molar-refractivity contribution is 6.89. The van der Waals surface area contributed by atoms with Crippen LogP contribution in [0.4, 0.5) is 0 Å². The van der Waals surface area contributed by atoms with Gasteiger partial charge in [-0.05, 0) is 65.0 Å². The van der Waals surface area contributed by atoms with Crippen molar-refractivity contribution in [1.29, 1.82) is 0 Å². The maximum Gasteiger partial charge on any atom is 0.149 e. The van der Waals surface area contributed by atoms with Gasteiger partial charge in [-0.1, -0.05) is 75.7 Å². The van der Waals surface area contributed by atoms with Crippen molar-refractivity contribution in [3.63, 3.8) is 0 Å². The van der Waals surface area contributed by atoms with Crippen LogP contribution in [0.2, 0.25) is 39.3 Å². The predicted molar refractivity (Wildman–Crippen MR) is 199 cm³/mol. The predicted octanol–water partition coefficient (Wildman–Crippen LogP) is 9.39. The monoisotopic (exact) mass is 648 g/mol. The lowest BCUT2D eigenvalue weighted by Crippen LogP contribution is -2.38. The molecule has 5 aromatic heterocycles. The fraction of sp³-hybridized carbons (Fsp3) is 0.154. The average Bonchev–Trinajstić information content (AvgIpc) is 3.62. The number of hydrogen-bond acceptors (Lipinski definition) is 5. The average molecular weight is 649 g/mol. The van der Waals surface area contributed by atoms with Gasteiger partial charge in [-0.25, -0.2) is 4.98 Å². The van der Waals surface area contributed by atoms with Crippen molar-refractivity contribution in [3.8, 4) is 34.0 Å². The number of para-hydroxylation sites is 2. The Balaban J connectivity index is 1.38. The van der Waals surface area contributed by atoms with Gasteiger partial charge in [0, 0.05) is 35.1 Å². The minimum atomic E-state index is -1.78. The molecule has 0 radical (unpaired) electrons. The van der Waals surface area contributed by atoms with E-state index in [1.807, 2.05) is 61.1 Å². The molecule has 6 nitrogen and oxygen atoms in total. The first-order chi connectivity index (χ1) is 22.5. The fourth-order valence-corrected chi connectivity index (χ4v) is 8.83. The lowest BCUT2D eigenvalue weighted by molar-refractivity contribution is 0.487. The number of aromatic nitrogens is 4. The van der Waals surface area contributed by atoms with E-state index in [1.54, 1.807) is 0 Å². The number of nitrogens with zero attached hydrogens (tertiary/aromatic N) is 4. The third-order valence-corrected chi connectivity index (χ3v) is 12.9. The number of furan rings is 1. The van der Waals surface area contributed by atoms with Gasteiger partial charge in [-0.2, -0.15) is 0 Å². The van der Waals surface area contributed by atoms with Gasteiger partial charge < -0.3 is 9.15 Å². The molecule has 8 rings (SSSR count). The zero-order chi connectivity index (χ0) is 32.5. The molecule has 0 aliphatic rings. The highest BCUT2D eigenvalue weighted by Crippen LogP contribution is 2.41. The second kappa shape index (κ2) is 10.8. The number of pyridine rings is 3. The Labute approximate surface area is 275 Å². The van der Waals surface area contributed by atoms with E-state index in [-0.39, 0.29) is 0 Å². The van der Waals surface area contributed by atoms with Crippen LogP contribution < -0.4 is 15.1 Å². The van der Waals surface area contributed by atoms with Crippen molar-refractivity contribution in [3.05, 3.63) is 110 Å². The first-order valence-electron chi connectivity index (χ1n) is 16.0. The van der Waals surface area contributed by atoms with E-state index in [2.05, 4.69) is 97.2 Å². The Morgan fingerprint density at radius 1 is 0.745 bits per heavy atom. The van der Waals surface area contributed by atoms with Crippen molar-refractivity contribution in [2.75, 3.05) is 0 Å². The van der Waals surface area contributed by atoms with Crippen molar-refractivity contribution >= 4 is 65.1 Å². The molecule has 0 saturated carbocycles. The van der Waals surface area contributed by atoms with E-state index < -0.39 is 16.1 Å². The molecule has 232 valence electrons. The zero-order valence-electron chi connectivity index (χ0n) is 27.5. The Bertz CT molecular complexity index is 2450. The van der Waals surface area contributed by atoms with Crippen LogP contribution in [0.1, 0.15) is 0 Å². The number of rotatable bonds is 6. The highest BCUT2D eigenvalue weighted by Gasteiger charge is 2.25. The third-order valence-electron chi connectivity index (χ3n) is 8.87. The van der Waals surface area contributed by atoms with E-state index >= 15 is 0 Å². The molecule has 0 saturated heterocycles. The SMILES string of the molecule is C[Si](C)(C)c1ccc(-c2cc(Oc3cc(-c4ccccn4)ccc3[Si](C)(C)C)cc3c2oc2ccn4c5ccccc5nc4c23)nc1. The van der Waals surface area contributed by atoms with Crippen LogP contribution >= 0.6 is 0 Å². The molecular weight excluding hydrogens is 613 g/mol. The van der Waals surface area contributed by atoms with E-state index in [9.17, 15) is 0 Å². The van der Waals surface area contributed by atoms with Crippen LogP contribution in [-0.2, 0) is 0 Å². The van der Waals surface area contributed by atoms with Gasteiger partial charge in [0.15, 0.2) is 0 Å². The summed E-state index contributed by atoms with van der Waals surface area (Å²) in [7, 11) is -3.31. The Hall–Kier alpha value is -5.06. The van der Waals surface area contributed by atoms with Crippen LogP contribution in [-0.4, -0.2) is 35.5 Å². The normalized spacial score (nSPS) is 12.5. The van der Waals surface area contributed by atoms with Gasteiger partial charge in [0.05, 0.1) is 44.0 Å². The summed E-state index contributed by atoms with van der Waals surface area (Å²) in [5.74, 6) is 1.58. The lowest BCUT2D eigenvalue weighted by atomic mass is 10.1. The highest BCUT2D eigenvalue weighted by atomic mass is 28.3. The molecule has 8 aromatic rings. The zero-order valence-corrected chi connectivity index (χ0v) is 29.5. The second-order valence-electron chi connectivity index (χ2n) is 14.3. The largest absolute Gasteiger partial charge is 0.457 e. The summed E-state index contributed by atoms with van der Waals surface area (Å²) >= 11 is 0. The molecular formula is C39H36N4O2Si2. The summed E-state index contributed by atoms with van der Waals surface area (Å²) in [4.78, 5) is 14.7. The lowest BCUT2D eigenvalue weighted by Gasteiger charge is -2.22. The standard InChI is InChI=1S/C39H36N4O2Si2/c1-46(2,3)27-15-16-31(41-24-27)28-22-26(44-35-21-25(30-11-9-10-19-40-30)14-17-36(35)47(4,5)6)23-29-37-34(45-38(28)29)18-20-43-33-13-8-7-12-32(33)42-39(37)43/h7-24H,1-6H3. The smallest absolute Gasteiger partial charge is 0.149 e. The Kier molecular flexibility index (Phi) is 6.72. The van der Waals surface area contributed by atoms with Crippen LogP contribution in [0.3, 0.4) is 0 Å². The first kappa shape index (κ1) is 29.4. The first-order valence-corrected chi connectivity index (χ1v) is 23.0. The quantitative estimate of drug-likeness (QED) is 0.168. The van der Waals surface area contributed by atoms with Gasteiger partial charge >= 0.3 is 0 Å². The maximum atomic E-state index is 6.95. The van der Waals surface area contributed by atoms with Crippen molar-refractivity contribution in [2.24, 2.45) is 0 Å². The molecule has 5 heterocycles. The molecule has 0 amide bonds. The summed E-state index contributed by atoms with van der Waals surface area (Å²) in [6, 6.07) is 31.2. The Morgan fingerprint density at radius 2 is 1.57 bits per heavy atom. The maximum absolute atomic E-state index is 6.95. The van der Waals surface area contributed by atoms with Crippen LogP contribution in [0.5, 0.6) is 11.5 Å². The molecule has 47 heavy (non-hydrogen) atoms. The summed E-state index contributed by atoms with van der Waals surface area (Å²) in [6.45, 7) is 14.0. The van der Waals surface area contributed by atoms with Crippen molar-refractivity contribution in [1.82, 2.24) is 19.4 Å². The van der Waals surface area contributed by atoms with E-state index in [4.69, 9.17) is 19.1 Å². The summed E-state index contributed by atoms with van der Waals surface area (Å²) < 4.78 is 15.8. The number of hydrogen-bond donors (Lipinski definition) is 0. The van der Waals surface area contributed by atoms with Crippen LogP contribution in [0.15, 0.2) is 114 Å². The minimum Gasteiger partial charge on any atom is -0.457 e. The number of benzene rings is 3. The molecule has 0 aliphatic carbocycles. The number of fused-ring (bicyclic) bond motifs is 7. The molecule has 8 heteroatoms. The molecule has 0 atom stereocenters. The van der Waals surface area contributed by atoms with Crippen molar-refractivity contribution in [2.45, 2.75) is 39.3 Å². The van der Waals surface area contributed by atoms with Crippen molar-refractivity contribution < 1.29 is 9.15 Å². The van der Waals surface area contributed by atoms with E-state index in [0.717, 1.165) is 72.6 Å². The number of imidazole rings is 1. The van der Waals surface area contributed by atoms with E-state index in [0.29, 0.717) is 0 Å². The fourth-order valence-electron chi connectivity index (χ4n) is 6.35. The summed E-state index contributed by atoms with van der Waals surface area (Å²) in [6.07, 6.45) is 5.90. The third kappa shape index (κ3) is 5.14.